The minimum atomic E-state index is -0.320. The summed E-state index contributed by atoms with van der Waals surface area (Å²) in [4.78, 5) is 14.2. The second kappa shape index (κ2) is 9.79. The van der Waals surface area contributed by atoms with E-state index in [1.54, 1.807) is 50.4 Å². The fraction of sp³-hybridized carbons (Fsp3) is 0.480. The first kappa shape index (κ1) is 23.2. The van der Waals surface area contributed by atoms with Gasteiger partial charge in [0.05, 0.1) is 0 Å². The minimum absolute atomic E-state index is 0.141. The van der Waals surface area contributed by atoms with Crippen molar-refractivity contribution in [3.63, 3.8) is 0 Å². The van der Waals surface area contributed by atoms with E-state index in [2.05, 4.69) is 36.3 Å². The number of halogens is 1. The van der Waals surface area contributed by atoms with Gasteiger partial charge in [-0.2, -0.15) is 0 Å². The van der Waals surface area contributed by atoms with Gasteiger partial charge in [0.25, 0.3) is 5.91 Å². The van der Waals surface area contributed by atoms with Crippen molar-refractivity contribution < 1.29 is 13.9 Å². The van der Waals surface area contributed by atoms with Crippen LogP contribution in [0.3, 0.4) is 0 Å². The number of carbonyl (C=O) groups is 1. The molecule has 0 radical (unpaired) electrons. The molecule has 1 fully saturated rings. The highest BCUT2D eigenvalue weighted by atomic mass is 19.1. The first-order valence-corrected chi connectivity index (χ1v) is 10.9. The first-order valence-electron chi connectivity index (χ1n) is 10.9. The van der Waals surface area contributed by atoms with E-state index < -0.39 is 0 Å². The molecule has 1 amide bonds. The molecule has 168 valence electrons. The van der Waals surface area contributed by atoms with Crippen LogP contribution in [0.2, 0.25) is 0 Å². The van der Waals surface area contributed by atoms with Crippen molar-refractivity contribution in [1.82, 2.24) is 15.5 Å². The van der Waals surface area contributed by atoms with Crippen LogP contribution in [0.1, 0.15) is 48.4 Å². The third kappa shape index (κ3) is 6.05. The Balaban J connectivity index is 1.81. The van der Waals surface area contributed by atoms with Crippen LogP contribution in [0.25, 0.3) is 0 Å². The number of nitrogens with zero attached hydrogens (tertiary/aromatic N) is 1. The highest BCUT2D eigenvalue weighted by Gasteiger charge is 2.31. The zero-order chi connectivity index (χ0) is 22.6. The summed E-state index contributed by atoms with van der Waals surface area (Å²) in [5.74, 6) is 0.285. The van der Waals surface area contributed by atoms with Gasteiger partial charge in [-0.1, -0.05) is 32.9 Å². The fourth-order valence-electron chi connectivity index (χ4n) is 3.80. The average Bonchev–Trinajstić information content (AvgIpc) is 2.75. The van der Waals surface area contributed by atoms with Gasteiger partial charge in [-0.3, -0.25) is 9.69 Å². The Morgan fingerprint density at radius 2 is 1.97 bits per heavy atom. The number of ether oxygens (including phenoxy) is 1. The van der Waals surface area contributed by atoms with Crippen molar-refractivity contribution in [1.29, 1.82) is 0 Å². The summed E-state index contributed by atoms with van der Waals surface area (Å²) in [5, 5.41) is 6.23. The molecule has 0 spiro atoms. The highest BCUT2D eigenvalue weighted by molar-refractivity contribution is 5.94. The molecule has 1 aliphatic heterocycles. The standard InChI is InChI=1S/C25H34FN3O2/c1-17-6-7-19(14-21(17)26)22(15-29-13-12-28-23(16-29)25(2,3)4)31-20-10-8-18(9-11-20)24(30)27-5/h6-11,14,22-23,28H,12-13,15-16H2,1-5H3,(H,27,30)/t22-,23-/m0/s1. The molecule has 0 aromatic heterocycles. The summed E-state index contributed by atoms with van der Waals surface area (Å²) < 4.78 is 20.7. The van der Waals surface area contributed by atoms with Crippen molar-refractivity contribution in [2.45, 2.75) is 39.8 Å². The van der Waals surface area contributed by atoms with Gasteiger partial charge >= 0.3 is 0 Å². The van der Waals surface area contributed by atoms with Gasteiger partial charge in [-0.25, -0.2) is 4.39 Å². The summed E-state index contributed by atoms with van der Waals surface area (Å²) in [5.41, 5.74) is 2.15. The SMILES string of the molecule is CNC(=O)c1ccc(O[C@@H](CN2CCN[C@H](C(C)(C)C)C2)c2ccc(C)c(F)c2)cc1. The Labute approximate surface area is 185 Å². The molecule has 2 aromatic carbocycles. The molecule has 5 nitrogen and oxygen atoms in total. The van der Waals surface area contributed by atoms with Gasteiger partial charge in [0.15, 0.2) is 0 Å². The van der Waals surface area contributed by atoms with Crippen LogP contribution in [0, 0.1) is 18.2 Å². The average molecular weight is 428 g/mol. The lowest BCUT2D eigenvalue weighted by Crippen LogP contribution is -2.56. The van der Waals surface area contributed by atoms with Crippen LogP contribution in [0.4, 0.5) is 4.39 Å². The van der Waals surface area contributed by atoms with Gasteiger partial charge in [0.1, 0.15) is 17.7 Å². The maximum Gasteiger partial charge on any atom is 0.251 e. The molecule has 31 heavy (non-hydrogen) atoms. The Kier molecular flexibility index (Phi) is 7.34. The summed E-state index contributed by atoms with van der Waals surface area (Å²) in [7, 11) is 1.60. The van der Waals surface area contributed by atoms with Gasteiger partial charge < -0.3 is 15.4 Å². The highest BCUT2D eigenvalue weighted by Crippen LogP contribution is 2.27. The van der Waals surface area contributed by atoms with Crippen LogP contribution in [-0.4, -0.2) is 50.1 Å². The van der Waals surface area contributed by atoms with Crippen LogP contribution >= 0.6 is 0 Å². The number of carbonyl (C=O) groups excluding carboxylic acids is 1. The summed E-state index contributed by atoms with van der Waals surface area (Å²) in [6, 6.07) is 12.7. The van der Waals surface area contributed by atoms with E-state index in [9.17, 15) is 9.18 Å². The first-order chi connectivity index (χ1) is 14.7. The maximum absolute atomic E-state index is 14.3. The third-order valence-corrected chi connectivity index (χ3v) is 5.92. The minimum Gasteiger partial charge on any atom is -0.484 e. The molecular weight excluding hydrogens is 393 g/mol. The van der Waals surface area contributed by atoms with Crippen LogP contribution in [0.15, 0.2) is 42.5 Å². The number of benzene rings is 2. The van der Waals surface area contributed by atoms with E-state index in [0.29, 0.717) is 29.5 Å². The molecule has 2 atom stereocenters. The predicted molar refractivity (Wildman–Crippen MR) is 122 cm³/mol. The molecule has 6 heteroatoms. The fourth-order valence-corrected chi connectivity index (χ4v) is 3.80. The van der Waals surface area contributed by atoms with Crippen molar-refractivity contribution in [2.24, 2.45) is 5.41 Å². The Morgan fingerprint density at radius 3 is 2.58 bits per heavy atom. The van der Waals surface area contributed by atoms with Gasteiger partial charge in [0, 0.05) is 44.8 Å². The third-order valence-electron chi connectivity index (χ3n) is 5.92. The Bertz CT molecular complexity index is 893. The van der Waals surface area contributed by atoms with Crippen molar-refractivity contribution in [3.8, 4) is 5.75 Å². The maximum atomic E-state index is 14.3. The molecule has 2 N–H and O–H groups in total. The van der Waals surface area contributed by atoms with E-state index in [-0.39, 0.29) is 23.2 Å². The van der Waals surface area contributed by atoms with E-state index in [1.807, 2.05) is 6.07 Å². The smallest absolute Gasteiger partial charge is 0.251 e. The van der Waals surface area contributed by atoms with Crippen molar-refractivity contribution in [2.75, 3.05) is 33.2 Å². The summed E-state index contributed by atoms with van der Waals surface area (Å²) in [6.45, 7) is 11.9. The van der Waals surface area contributed by atoms with Crippen LogP contribution < -0.4 is 15.4 Å². The normalized spacial score (nSPS) is 18.5. The number of aryl methyl sites for hydroxylation is 1. The molecule has 0 bridgehead atoms. The Hall–Kier alpha value is -2.44. The number of piperazine rings is 1. The second-order valence-corrected chi connectivity index (χ2v) is 9.35. The lowest BCUT2D eigenvalue weighted by Gasteiger charge is -2.41. The van der Waals surface area contributed by atoms with E-state index in [1.165, 1.54) is 0 Å². The number of nitrogens with one attached hydrogen (secondary N) is 2. The monoisotopic (exact) mass is 427 g/mol. The summed E-state index contributed by atoms with van der Waals surface area (Å²) >= 11 is 0. The largest absolute Gasteiger partial charge is 0.484 e. The number of hydrogen-bond acceptors (Lipinski definition) is 4. The van der Waals surface area contributed by atoms with E-state index in [0.717, 1.165) is 25.2 Å². The lowest BCUT2D eigenvalue weighted by atomic mass is 9.85. The molecule has 0 aliphatic carbocycles. The zero-order valence-electron chi connectivity index (χ0n) is 19.2. The Morgan fingerprint density at radius 1 is 1.26 bits per heavy atom. The summed E-state index contributed by atoms with van der Waals surface area (Å²) in [6.07, 6.45) is -0.320. The van der Waals surface area contributed by atoms with Gasteiger partial charge in [-0.15, -0.1) is 0 Å². The molecule has 0 unspecified atom stereocenters. The van der Waals surface area contributed by atoms with Crippen LogP contribution in [0.5, 0.6) is 5.75 Å². The second-order valence-electron chi connectivity index (χ2n) is 9.35. The number of amides is 1. The molecule has 2 aromatic rings. The zero-order valence-corrected chi connectivity index (χ0v) is 19.2. The molecule has 1 heterocycles. The molecule has 3 rings (SSSR count). The lowest BCUT2D eigenvalue weighted by molar-refractivity contribution is 0.0846. The number of rotatable bonds is 6. The quantitative estimate of drug-likeness (QED) is 0.733. The molecule has 1 saturated heterocycles. The molecular formula is C25H34FN3O2. The van der Waals surface area contributed by atoms with E-state index in [4.69, 9.17) is 4.74 Å². The van der Waals surface area contributed by atoms with Gasteiger partial charge in [0.2, 0.25) is 0 Å². The number of hydrogen-bond donors (Lipinski definition) is 2. The molecule has 1 aliphatic rings. The predicted octanol–water partition coefficient (Wildman–Crippen LogP) is 3.93. The van der Waals surface area contributed by atoms with Crippen LogP contribution in [-0.2, 0) is 0 Å². The van der Waals surface area contributed by atoms with Crippen molar-refractivity contribution >= 4 is 5.91 Å². The van der Waals surface area contributed by atoms with Crippen molar-refractivity contribution in [3.05, 3.63) is 65.0 Å². The van der Waals surface area contributed by atoms with E-state index >= 15 is 0 Å². The van der Waals surface area contributed by atoms with Gasteiger partial charge in [-0.05, 0) is 53.8 Å². The topological polar surface area (TPSA) is 53.6 Å². The molecule has 0 saturated carbocycles.